The molecule has 10 nitrogen and oxygen atoms in total. The molecule has 1 aromatic carbocycles. The number of nitrogens with one attached hydrogen (secondary N) is 1. The zero-order chi connectivity index (χ0) is 24.9. The lowest BCUT2D eigenvalue weighted by atomic mass is 9.94. The number of aromatic nitrogens is 3. The van der Waals surface area contributed by atoms with Crippen LogP contribution >= 0.6 is 11.6 Å². The highest BCUT2D eigenvalue weighted by Crippen LogP contribution is 2.27. The molecule has 0 bridgehead atoms. The summed E-state index contributed by atoms with van der Waals surface area (Å²) in [5.41, 5.74) is -2.08. The maximum absolute atomic E-state index is 13.0. The van der Waals surface area contributed by atoms with Crippen molar-refractivity contribution >= 4 is 23.5 Å². The van der Waals surface area contributed by atoms with E-state index in [2.05, 4.69) is 15.2 Å². The summed E-state index contributed by atoms with van der Waals surface area (Å²) in [4.78, 5) is 49.8. The maximum Gasteiger partial charge on any atom is 0.352 e. The smallest absolute Gasteiger partial charge is 0.352 e. The summed E-state index contributed by atoms with van der Waals surface area (Å²) >= 11 is 6.24. The Morgan fingerprint density at radius 3 is 2.56 bits per heavy atom. The highest BCUT2D eigenvalue weighted by atomic mass is 35.5. The van der Waals surface area contributed by atoms with Gasteiger partial charge in [0.05, 0.1) is 34.9 Å². The summed E-state index contributed by atoms with van der Waals surface area (Å²) in [6, 6.07) is 4.33. The zero-order valence-corrected chi connectivity index (χ0v) is 20.0. The minimum absolute atomic E-state index is 0.0981. The number of amides is 1. The van der Waals surface area contributed by atoms with Gasteiger partial charge in [-0.05, 0) is 31.0 Å². The van der Waals surface area contributed by atoms with E-state index in [9.17, 15) is 24.3 Å². The molecule has 0 saturated heterocycles. The Kier molecular flexibility index (Phi) is 8.27. The third kappa shape index (κ3) is 5.92. The molecule has 3 rings (SSSR count). The fourth-order valence-corrected chi connectivity index (χ4v) is 4.26. The third-order valence-electron chi connectivity index (χ3n) is 6.07. The Morgan fingerprint density at radius 2 is 1.91 bits per heavy atom. The molecule has 11 heteroatoms. The molecule has 34 heavy (non-hydrogen) atoms. The molecule has 1 amide bonds. The number of aliphatic hydroxyl groups is 1. The summed E-state index contributed by atoms with van der Waals surface area (Å²) in [6.07, 6.45) is 6.13. The fourth-order valence-electron chi connectivity index (χ4n) is 4.05. The number of methoxy groups -OCH3 is 1. The number of halogens is 1. The van der Waals surface area contributed by atoms with Crippen LogP contribution in [0.2, 0.25) is 5.02 Å². The van der Waals surface area contributed by atoms with Gasteiger partial charge in [-0.3, -0.25) is 19.0 Å². The molecule has 0 aliphatic heterocycles. The zero-order valence-electron chi connectivity index (χ0n) is 19.3. The lowest BCUT2D eigenvalue weighted by Crippen LogP contribution is -2.43. The quantitative estimate of drug-likeness (QED) is 0.443. The van der Waals surface area contributed by atoms with Crippen LogP contribution in [0.25, 0.3) is 5.69 Å². The van der Waals surface area contributed by atoms with Gasteiger partial charge in [-0.25, -0.2) is 4.79 Å². The summed E-state index contributed by atoms with van der Waals surface area (Å²) < 4.78 is 6.49. The SMILES string of the molecule is COC(=O)C(C)Cn1c(=O)cnn(-c2ccc(Cl)c(C(=O)NCC3(O)CCCCCC3)c2)c1=O. The van der Waals surface area contributed by atoms with Gasteiger partial charge in [-0.2, -0.15) is 9.78 Å². The molecule has 1 heterocycles. The van der Waals surface area contributed by atoms with E-state index in [1.807, 2.05) is 0 Å². The van der Waals surface area contributed by atoms with Crippen molar-refractivity contribution < 1.29 is 19.4 Å². The van der Waals surface area contributed by atoms with Gasteiger partial charge in [0, 0.05) is 13.1 Å². The second-order valence-electron chi connectivity index (χ2n) is 8.70. The normalized spacial score (nSPS) is 16.4. The number of rotatable bonds is 7. The minimum atomic E-state index is -0.958. The van der Waals surface area contributed by atoms with Crippen molar-refractivity contribution in [1.82, 2.24) is 19.7 Å². The maximum atomic E-state index is 13.0. The number of esters is 1. The van der Waals surface area contributed by atoms with E-state index in [-0.39, 0.29) is 29.4 Å². The summed E-state index contributed by atoms with van der Waals surface area (Å²) in [5.74, 6) is -1.78. The van der Waals surface area contributed by atoms with Crippen molar-refractivity contribution in [3.63, 3.8) is 0 Å². The molecule has 0 radical (unpaired) electrons. The molecule has 184 valence electrons. The minimum Gasteiger partial charge on any atom is -0.469 e. The van der Waals surface area contributed by atoms with Gasteiger partial charge in [0.1, 0.15) is 6.20 Å². The molecule has 1 aliphatic rings. The molecule has 1 fully saturated rings. The lowest BCUT2D eigenvalue weighted by molar-refractivity contribution is -0.145. The van der Waals surface area contributed by atoms with Gasteiger partial charge in [-0.1, -0.05) is 44.2 Å². The first-order chi connectivity index (χ1) is 16.1. The van der Waals surface area contributed by atoms with Crippen LogP contribution in [-0.2, 0) is 16.1 Å². The van der Waals surface area contributed by atoms with Crippen LogP contribution in [0.15, 0.2) is 34.0 Å². The standard InChI is InChI=1S/C23H29ClN4O6/c1-15(21(31)34-2)13-27-19(29)12-26-28(22(27)32)16-7-8-18(24)17(11-16)20(30)25-14-23(33)9-5-3-4-6-10-23/h7-8,11-12,15,33H,3-6,9-10,13-14H2,1-2H3,(H,25,30). The Labute approximate surface area is 201 Å². The van der Waals surface area contributed by atoms with E-state index in [0.29, 0.717) is 12.8 Å². The molecule has 1 aromatic heterocycles. The highest BCUT2D eigenvalue weighted by Gasteiger charge is 2.29. The molecule has 1 aliphatic carbocycles. The largest absolute Gasteiger partial charge is 0.469 e. The third-order valence-corrected chi connectivity index (χ3v) is 6.40. The Morgan fingerprint density at radius 1 is 1.24 bits per heavy atom. The number of carbonyl (C=O) groups is 2. The van der Waals surface area contributed by atoms with Crippen LogP contribution in [0, 0.1) is 5.92 Å². The van der Waals surface area contributed by atoms with E-state index in [4.69, 9.17) is 11.6 Å². The van der Waals surface area contributed by atoms with Crippen molar-refractivity contribution in [2.24, 2.45) is 5.92 Å². The van der Waals surface area contributed by atoms with Crippen molar-refractivity contribution in [2.75, 3.05) is 13.7 Å². The number of benzene rings is 1. The first-order valence-corrected chi connectivity index (χ1v) is 11.6. The summed E-state index contributed by atoms with van der Waals surface area (Å²) in [6.45, 7) is 1.45. The molecule has 2 N–H and O–H groups in total. The summed E-state index contributed by atoms with van der Waals surface area (Å²) in [7, 11) is 1.22. The lowest BCUT2D eigenvalue weighted by Gasteiger charge is -2.26. The van der Waals surface area contributed by atoms with Crippen molar-refractivity contribution in [1.29, 1.82) is 0 Å². The van der Waals surface area contributed by atoms with E-state index < -0.39 is 34.6 Å². The predicted molar refractivity (Wildman–Crippen MR) is 125 cm³/mol. The van der Waals surface area contributed by atoms with Crippen LogP contribution in [0.4, 0.5) is 0 Å². The van der Waals surface area contributed by atoms with Gasteiger partial charge in [-0.15, -0.1) is 0 Å². The van der Waals surface area contributed by atoms with E-state index in [1.165, 1.54) is 32.2 Å². The Balaban J connectivity index is 1.86. The highest BCUT2D eigenvalue weighted by molar-refractivity contribution is 6.33. The van der Waals surface area contributed by atoms with E-state index in [0.717, 1.165) is 41.1 Å². The number of ether oxygens (including phenoxy) is 1. The van der Waals surface area contributed by atoms with Crippen molar-refractivity contribution in [3.8, 4) is 5.69 Å². The Hall–Kier alpha value is -2.98. The fraction of sp³-hybridized carbons (Fsp3) is 0.522. The second kappa shape index (κ2) is 11.0. The first kappa shape index (κ1) is 25.6. The number of carbonyl (C=O) groups excluding carboxylic acids is 2. The molecule has 2 aromatic rings. The van der Waals surface area contributed by atoms with Crippen molar-refractivity contribution in [2.45, 2.75) is 57.6 Å². The molecule has 0 spiro atoms. The molecular weight excluding hydrogens is 464 g/mol. The average Bonchev–Trinajstić information content (AvgIpc) is 3.05. The second-order valence-corrected chi connectivity index (χ2v) is 9.10. The summed E-state index contributed by atoms with van der Waals surface area (Å²) in [5, 5.41) is 17.6. The van der Waals surface area contributed by atoms with Gasteiger partial charge in [0.25, 0.3) is 11.5 Å². The topological polar surface area (TPSA) is 133 Å². The van der Waals surface area contributed by atoms with Crippen LogP contribution in [-0.4, -0.2) is 50.6 Å². The number of hydrogen-bond acceptors (Lipinski definition) is 7. The van der Waals surface area contributed by atoms with Gasteiger partial charge in [0.15, 0.2) is 0 Å². The van der Waals surface area contributed by atoms with Crippen molar-refractivity contribution in [3.05, 3.63) is 55.8 Å². The van der Waals surface area contributed by atoms with Gasteiger partial charge < -0.3 is 15.2 Å². The monoisotopic (exact) mass is 492 g/mol. The van der Waals surface area contributed by atoms with E-state index >= 15 is 0 Å². The van der Waals surface area contributed by atoms with Crippen LogP contribution in [0.5, 0.6) is 0 Å². The van der Waals surface area contributed by atoms with E-state index in [1.54, 1.807) is 0 Å². The predicted octanol–water partition coefficient (Wildman–Crippen LogP) is 1.67. The van der Waals surface area contributed by atoms with Gasteiger partial charge >= 0.3 is 11.7 Å². The van der Waals surface area contributed by atoms with Gasteiger partial charge in [0.2, 0.25) is 0 Å². The Bertz CT molecular complexity index is 1170. The van der Waals surface area contributed by atoms with Crippen LogP contribution in [0.3, 0.4) is 0 Å². The van der Waals surface area contributed by atoms with Crippen LogP contribution < -0.4 is 16.6 Å². The number of hydrogen-bond donors (Lipinski definition) is 2. The average molecular weight is 493 g/mol. The molecule has 1 atom stereocenters. The molecular formula is C23H29ClN4O6. The number of nitrogens with zero attached hydrogens (tertiary/aromatic N) is 3. The van der Waals surface area contributed by atoms with Crippen LogP contribution in [0.1, 0.15) is 55.8 Å². The first-order valence-electron chi connectivity index (χ1n) is 11.2. The molecule has 1 saturated carbocycles. The molecule has 1 unspecified atom stereocenters.